The van der Waals surface area contributed by atoms with Gasteiger partial charge in [0.25, 0.3) is 0 Å². The van der Waals surface area contributed by atoms with E-state index in [1.807, 2.05) is 13.1 Å². The number of carbonyl (C=O) groups is 1. The Hall–Kier alpha value is -2.43. The molecular formula is C14H14FN3O. The van der Waals surface area contributed by atoms with Crippen molar-refractivity contribution in [2.75, 3.05) is 17.3 Å². The maximum Gasteiger partial charge on any atom is 0.221 e. The number of halogens is 1. The number of nitrogens with zero attached hydrogens (tertiary/aromatic N) is 2. The van der Waals surface area contributed by atoms with Crippen LogP contribution in [0.3, 0.4) is 0 Å². The zero-order valence-electron chi connectivity index (χ0n) is 10.7. The number of carbonyl (C=O) groups excluding carboxylic acids is 1. The van der Waals surface area contributed by atoms with Crippen LogP contribution in [0.25, 0.3) is 0 Å². The van der Waals surface area contributed by atoms with Crippen LogP contribution in [0.4, 0.5) is 21.5 Å². The number of hydrogen-bond acceptors (Lipinski definition) is 3. The minimum absolute atomic E-state index is 0.236. The van der Waals surface area contributed by atoms with Crippen molar-refractivity contribution < 1.29 is 9.18 Å². The lowest BCUT2D eigenvalue weighted by molar-refractivity contribution is -0.114. The van der Waals surface area contributed by atoms with E-state index in [4.69, 9.17) is 0 Å². The molecule has 0 aliphatic carbocycles. The molecule has 0 spiro atoms. The quantitative estimate of drug-likeness (QED) is 0.921. The fourth-order valence-electron chi connectivity index (χ4n) is 1.74. The fourth-order valence-corrected chi connectivity index (χ4v) is 1.74. The molecule has 98 valence electrons. The highest BCUT2D eigenvalue weighted by molar-refractivity contribution is 5.89. The van der Waals surface area contributed by atoms with Gasteiger partial charge < -0.3 is 10.2 Å². The van der Waals surface area contributed by atoms with Gasteiger partial charge in [0.1, 0.15) is 5.82 Å². The molecule has 2 rings (SSSR count). The molecule has 19 heavy (non-hydrogen) atoms. The fraction of sp³-hybridized carbons (Fsp3) is 0.143. The molecule has 0 bridgehead atoms. The minimum atomic E-state index is -0.406. The van der Waals surface area contributed by atoms with E-state index in [1.54, 1.807) is 29.4 Å². The van der Waals surface area contributed by atoms with Crippen LogP contribution < -0.4 is 10.2 Å². The zero-order valence-corrected chi connectivity index (χ0v) is 10.7. The molecule has 0 radical (unpaired) electrons. The maximum absolute atomic E-state index is 13.6. The van der Waals surface area contributed by atoms with Crippen LogP contribution in [-0.2, 0) is 4.79 Å². The molecule has 0 saturated carbocycles. The van der Waals surface area contributed by atoms with Gasteiger partial charge in [-0.25, -0.2) is 4.39 Å². The van der Waals surface area contributed by atoms with Crippen molar-refractivity contribution in [3.05, 3.63) is 48.5 Å². The number of pyridine rings is 1. The molecule has 1 amide bonds. The van der Waals surface area contributed by atoms with E-state index in [1.165, 1.54) is 19.1 Å². The van der Waals surface area contributed by atoms with Crippen LogP contribution in [0.5, 0.6) is 0 Å². The van der Waals surface area contributed by atoms with Crippen molar-refractivity contribution in [3.63, 3.8) is 0 Å². The predicted octanol–water partition coefficient (Wildman–Crippen LogP) is 2.95. The van der Waals surface area contributed by atoms with Crippen molar-refractivity contribution in [2.45, 2.75) is 6.92 Å². The van der Waals surface area contributed by atoms with E-state index in [0.717, 1.165) is 5.69 Å². The van der Waals surface area contributed by atoms with Gasteiger partial charge in [0.2, 0.25) is 5.91 Å². The first-order valence-electron chi connectivity index (χ1n) is 5.78. The van der Waals surface area contributed by atoms with Crippen molar-refractivity contribution >= 4 is 23.0 Å². The second kappa shape index (κ2) is 5.48. The lowest BCUT2D eigenvalue weighted by atomic mass is 10.2. The molecule has 1 N–H and O–H groups in total. The van der Waals surface area contributed by atoms with Gasteiger partial charge in [-0.1, -0.05) is 0 Å². The second-order valence-electron chi connectivity index (χ2n) is 4.15. The van der Waals surface area contributed by atoms with Crippen molar-refractivity contribution in [1.82, 2.24) is 4.98 Å². The Morgan fingerprint density at radius 2 is 2.11 bits per heavy atom. The number of hydrogen-bond donors (Lipinski definition) is 1. The molecule has 1 aromatic heterocycles. The molecule has 0 fully saturated rings. The second-order valence-corrected chi connectivity index (χ2v) is 4.15. The molecule has 0 unspecified atom stereocenters. The molecule has 0 saturated heterocycles. The van der Waals surface area contributed by atoms with E-state index in [2.05, 4.69) is 10.3 Å². The van der Waals surface area contributed by atoms with E-state index in [0.29, 0.717) is 11.4 Å². The third kappa shape index (κ3) is 3.28. The van der Waals surface area contributed by atoms with Gasteiger partial charge in [-0.05, 0) is 30.3 Å². The first kappa shape index (κ1) is 13.0. The highest BCUT2D eigenvalue weighted by atomic mass is 19.1. The number of benzene rings is 1. The normalized spacial score (nSPS) is 10.1. The average Bonchev–Trinajstić information content (AvgIpc) is 2.37. The first-order chi connectivity index (χ1) is 9.06. The number of anilines is 3. The van der Waals surface area contributed by atoms with Crippen LogP contribution in [0.2, 0.25) is 0 Å². The first-order valence-corrected chi connectivity index (χ1v) is 5.78. The van der Waals surface area contributed by atoms with Gasteiger partial charge in [0.05, 0.1) is 11.9 Å². The molecule has 0 aliphatic heterocycles. The molecule has 0 aliphatic rings. The maximum atomic E-state index is 13.6. The Kier molecular flexibility index (Phi) is 3.75. The van der Waals surface area contributed by atoms with Crippen molar-refractivity contribution in [2.24, 2.45) is 0 Å². The van der Waals surface area contributed by atoms with Crippen LogP contribution in [-0.4, -0.2) is 17.9 Å². The number of aromatic nitrogens is 1. The molecular weight excluding hydrogens is 245 g/mol. The summed E-state index contributed by atoms with van der Waals surface area (Å²) in [6.45, 7) is 1.38. The third-order valence-corrected chi connectivity index (χ3v) is 2.62. The Balaban J connectivity index is 2.34. The smallest absolute Gasteiger partial charge is 0.221 e. The summed E-state index contributed by atoms with van der Waals surface area (Å²) in [6.07, 6.45) is 3.36. The van der Waals surface area contributed by atoms with Gasteiger partial charge in [-0.2, -0.15) is 0 Å². The highest BCUT2D eigenvalue weighted by Crippen LogP contribution is 2.26. The monoisotopic (exact) mass is 259 g/mol. The predicted molar refractivity (Wildman–Crippen MR) is 73.0 cm³/mol. The summed E-state index contributed by atoms with van der Waals surface area (Å²) in [5.41, 5.74) is 1.90. The SMILES string of the molecule is CC(=O)Nc1cc(F)cc(N(C)c2cccnc2)c1. The summed E-state index contributed by atoms with van der Waals surface area (Å²) in [4.78, 5) is 16.8. The van der Waals surface area contributed by atoms with Gasteiger partial charge in [-0.15, -0.1) is 0 Å². The standard InChI is InChI=1S/C14H14FN3O/c1-10(19)17-12-6-11(15)7-14(8-12)18(2)13-4-3-5-16-9-13/h3-9H,1-2H3,(H,17,19). The Bertz CT molecular complexity index is 586. The summed E-state index contributed by atoms with van der Waals surface area (Å²) >= 11 is 0. The Labute approximate surface area is 110 Å². The molecule has 5 heteroatoms. The average molecular weight is 259 g/mol. The lowest BCUT2D eigenvalue weighted by Gasteiger charge is -2.20. The Morgan fingerprint density at radius 1 is 1.32 bits per heavy atom. The van der Waals surface area contributed by atoms with Crippen LogP contribution in [0.1, 0.15) is 6.92 Å². The van der Waals surface area contributed by atoms with Crippen LogP contribution in [0, 0.1) is 5.82 Å². The minimum Gasteiger partial charge on any atom is -0.343 e. The number of nitrogens with one attached hydrogen (secondary N) is 1. The highest BCUT2D eigenvalue weighted by Gasteiger charge is 2.08. The topological polar surface area (TPSA) is 45.2 Å². The molecule has 1 heterocycles. The van der Waals surface area contributed by atoms with E-state index in [9.17, 15) is 9.18 Å². The van der Waals surface area contributed by atoms with Crippen molar-refractivity contribution in [3.8, 4) is 0 Å². The summed E-state index contributed by atoms with van der Waals surface area (Å²) in [5.74, 6) is -0.641. The van der Waals surface area contributed by atoms with E-state index >= 15 is 0 Å². The zero-order chi connectivity index (χ0) is 13.8. The van der Waals surface area contributed by atoms with Crippen molar-refractivity contribution in [1.29, 1.82) is 0 Å². The summed E-state index contributed by atoms with van der Waals surface area (Å²) in [7, 11) is 1.81. The molecule has 4 nitrogen and oxygen atoms in total. The largest absolute Gasteiger partial charge is 0.343 e. The van der Waals surface area contributed by atoms with E-state index < -0.39 is 5.82 Å². The number of amides is 1. The third-order valence-electron chi connectivity index (χ3n) is 2.62. The van der Waals surface area contributed by atoms with Gasteiger partial charge in [-0.3, -0.25) is 9.78 Å². The molecule has 2 aromatic rings. The summed E-state index contributed by atoms with van der Waals surface area (Å²) in [6, 6.07) is 8.06. The van der Waals surface area contributed by atoms with Crippen LogP contribution in [0.15, 0.2) is 42.7 Å². The Morgan fingerprint density at radius 3 is 2.74 bits per heavy atom. The van der Waals surface area contributed by atoms with Gasteiger partial charge in [0.15, 0.2) is 0 Å². The summed E-state index contributed by atoms with van der Waals surface area (Å²) < 4.78 is 13.6. The van der Waals surface area contributed by atoms with Gasteiger partial charge in [0, 0.05) is 31.5 Å². The number of rotatable bonds is 3. The molecule has 1 aromatic carbocycles. The summed E-state index contributed by atoms with van der Waals surface area (Å²) in [5, 5.41) is 2.57. The van der Waals surface area contributed by atoms with Gasteiger partial charge >= 0.3 is 0 Å². The van der Waals surface area contributed by atoms with Crippen LogP contribution >= 0.6 is 0 Å². The lowest BCUT2D eigenvalue weighted by Crippen LogP contribution is -2.11. The molecule has 0 atom stereocenters. The van der Waals surface area contributed by atoms with E-state index in [-0.39, 0.29) is 5.91 Å².